The maximum absolute atomic E-state index is 13.7. The number of nitrogens with zero attached hydrogens (tertiary/aromatic N) is 1. The SMILES string of the molecule is CCc1c(C)sc(NC(=O)c2cc(-c3ccc4c(c3)OCO4)nc3ccccc23)c1C(=O)OC(C)C. The van der Waals surface area contributed by atoms with Crippen molar-refractivity contribution >= 4 is 39.1 Å². The molecule has 36 heavy (non-hydrogen) atoms. The smallest absolute Gasteiger partial charge is 0.341 e. The van der Waals surface area contributed by atoms with Crippen molar-refractivity contribution in [1.82, 2.24) is 4.98 Å². The van der Waals surface area contributed by atoms with Crippen LogP contribution < -0.4 is 14.8 Å². The maximum Gasteiger partial charge on any atom is 0.341 e. The van der Waals surface area contributed by atoms with E-state index in [1.165, 1.54) is 11.3 Å². The molecule has 0 radical (unpaired) electrons. The van der Waals surface area contributed by atoms with Gasteiger partial charge in [0.05, 0.1) is 28.4 Å². The average molecular weight is 503 g/mol. The molecule has 0 fully saturated rings. The number of ether oxygens (including phenoxy) is 3. The van der Waals surface area contributed by atoms with Crippen molar-refractivity contribution in [3.8, 4) is 22.8 Å². The number of anilines is 1. The van der Waals surface area contributed by atoms with E-state index in [-0.39, 0.29) is 18.8 Å². The molecule has 1 N–H and O–H groups in total. The molecule has 2 aromatic carbocycles. The molecule has 0 aliphatic carbocycles. The van der Waals surface area contributed by atoms with Gasteiger partial charge in [0.25, 0.3) is 5.91 Å². The van der Waals surface area contributed by atoms with Crippen LogP contribution in [0.3, 0.4) is 0 Å². The number of esters is 1. The van der Waals surface area contributed by atoms with Gasteiger partial charge in [-0.2, -0.15) is 0 Å². The number of hydrogen-bond acceptors (Lipinski definition) is 7. The van der Waals surface area contributed by atoms with Crippen LogP contribution in [0.15, 0.2) is 48.5 Å². The number of nitrogens with one attached hydrogen (secondary N) is 1. The minimum Gasteiger partial charge on any atom is -0.459 e. The van der Waals surface area contributed by atoms with Gasteiger partial charge in [-0.1, -0.05) is 25.1 Å². The van der Waals surface area contributed by atoms with E-state index < -0.39 is 5.97 Å². The molecule has 184 valence electrons. The number of thiophene rings is 1. The highest BCUT2D eigenvalue weighted by Gasteiger charge is 2.25. The predicted octanol–water partition coefficient (Wildman–Crippen LogP) is 6.38. The Hall–Kier alpha value is -3.91. The molecule has 0 saturated heterocycles. The molecule has 0 unspecified atom stereocenters. The molecule has 7 nitrogen and oxygen atoms in total. The van der Waals surface area contributed by atoms with E-state index >= 15 is 0 Å². The summed E-state index contributed by atoms with van der Waals surface area (Å²) < 4.78 is 16.4. The van der Waals surface area contributed by atoms with E-state index in [0.717, 1.165) is 21.4 Å². The topological polar surface area (TPSA) is 86.8 Å². The van der Waals surface area contributed by atoms with Gasteiger partial charge >= 0.3 is 5.97 Å². The van der Waals surface area contributed by atoms with Gasteiger partial charge in [0, 0.05) is 15.8 Å². The van der Waals surface area contributed by atoms with Gasteiger partial charge in [-0.05, 0) is 63.1 Å². The zero-order chi connectivity index (χ0) is 25.4. The minimum atomic E-state index is -0.429. The first-order valence-electron chi connectivity index (χ1n) is 11.8. The molecule has 1 aliphatic heterocycles. The van der Waals surface area contributed by atoms with Crippen molar-refractivity contribution in [2.45, 2.75) is 40.2 Å². The Labute approximate surface area is 213 Å². The third-order valence-corrected chi connectivity index (χ3v) is 7.03. The predicted molar refractivity (Wildman–Crippen MR) is 140 cm³/mol. The summed E-state index contributed by atoms with van der Waals surface area (Å²) in [4.78, 5) is 32.4. The van der Waals surface area contributed by atoms with Crippen LogP contribution in [0.4, 0.5) is 5.00 Å². The molecule has 3 heterocycles. The van der Waals surface area contributed by atoms with E-state index in [0.29, 0.717) is 45.3 Å². The van der Waals surface area contributed by atoms with Crippen molar-refractivity contribution in [2.24, 2.45) is 0 Å². The molecule has 0 bridgehead atoms. The van der Waals surface area contributed by atoms with E-state index in [1.807, 2.05) is 70.2 Å². The minimum absolute atomic E-state index is 0.180. The summed E-state index contributed by atoms with van der Waals surface area (Å²) in [5.41, 5.74) is 3.90. The highest BCUT2D eigenvalue weighted by Crippen LogP contribution is 2.37. The summed E-state index contributed by atoms with van der Waals surface area (Å²) in [6.45, 7) is 7.73. The summed E-state index contributed by atoms with van der Waals surface area (Å²) in [5, 5.41) is 4.20. The van der Waals surface area contributed by atoms with Gasteiger partial charge in [0.15, 0.2) is 11.5 Å². The normalized spacial score (nSPS) is 12.2. The molecule has 2 aromatic heterocycles. The highest BCUT2D eigenvalue weighted by atomic mass is 32.1. The highest BCUT2D eigenvalue weighted by molar-refractivity contribution is 7.16. The van der Waals surface area contributed by atoms with Gasteiger partial charge in [-0.3, -0.25) is 4.79 Å². The molecule has 4 aromatic rings. The summed E-state index contributed by atoms with van der Waals surface area (Å²) >= 11 is 1.38. The fourth-order valence-corrected chi connectivity index (χ4v) is 5.45. The number of aryl methyl sites for hydroxylation is 1. The first-order valence-corrected chi connectivity index (χ1v) is 12.6. The van der Waals surface area contributed by atoms with Crippen molar-refractivity contribution < 1.29 is 23.8 Å². The van der Waals surface area contributed by atoms with Crippen molar-refractivity contribution in [3.63, 3.8) is 0 Å². The third kappa shape index (κ3) is 4.40. The van der Waals surface area contributed by atoms with E-state index in [9.17, 15) is 9.59 Å². The van der Waals surface area contributed by atoms with Gasteiger partial charge < -0.3 is 19.5 Å². The molecule has 8 heteroatoms. The van der Waals surface area contributed by atoms with Crippen LogP contribution in [-0.4, -0.2) is 29.8 Å². The lowest BCUT2D eigenvalue weighted by molar-refractivity contribution is 0.0378. The first-order chi connectivity index (χ1) is 17.4. The number of amides is 1. The van der Waals surface area contributed by atoms with Gasteiger partial charge in [-0.25, -0.2) is 9.78 Å². The van der Waals surface area contributed by atoms with Crippen molar-refractivity contribution in [1.29, 1.82) is 0 Å². The number of rotatable bonds is 6. The van der Waals surface area contributed by atoms with Gasteiger partial charge in [0.2, 0.25) is 6.79 Å². The molecule has 0 atom stereocenters. The lowest BCUT2D eigenvalue weighted by Gasteiger charge is -2.13. The molecule has 1 aliphatic rings. The van der Waals surface area contributed by atoms with Crippen LogP contribution in [0.1, 0.15) is 51.9 Å². The van der Waals surface area contributed by atoms with Crippen LogP contribution in [-0.2, 0) is 11.2 Å². The zero-order valence-corrected chi connectivity index (χ0v) is 21.3. The number of benzene rings is 2. The molecular weight excluding hydrogens is 476 g/mol. The number of aromatic nitrogens is 1. The Morgan fingerprint density at radius 2 is 1.89 bits per heavy atom. The number of carbonyl (C=O) groups excluding carboxylic acids is 2. The van der Waals surface area contributed by atoms with Crippen molar-refractivity contribution in [3.05, 3.63) is 70.1 Å². The molecule has 0 saturated carbocycles. The van der Waals surface area contributed by atoms with Gasteiger partial charge in [-0.15, -0.1) is 11.3 Å². The molecule has 5 rings (SSSR count). The lowest BCUT2D eigenvalue weighted by atomic mass is 10.0. The second-order valence-corrected chi connectivity index (χ2v) is 9.97. The number of pyridine rings is 1. The monoisotopic (exact) mass is 502 g/mol. The number of fused-ring (bicyclic) bond motifs is 2. The molecule has 1 amide bonds. The lowest BCUT2D eigenvalue weighted by Crippen LogP contribution is -2.17. The summed E-state index contributed by atoms with van der Waals surface area (Å²) in [6.07, 6.45) is 0.395. The largest absolute Gasteiger partial charge is 0.459 e. The van der Waals surface area contributed by atoms with E-state index in [2.05, 4.69) is 5.32 Å². The summed E-state index contributed by atoms with van der Waals surface area (Å²) in [7, 11) is 0. The number of para-hydroxylation sites is 1. The quantitative estimate of drug-likeness (QED) is 0.308. The molecule has 0 spiro atoms. The maximum atomic E-state index is 13.7. The van der Waals surface area contributed by atoms with E-state index in [1.54, 1.807) is 6.07 Å². The Morgan fingerprint density at radius 1 is 1.11 bits per heavy atom. The molecular formula is C28H26N2O5S. The van der Waals surface area contributed by atoms with Crippen LogP contribution >= 0.6 is 11.3 Å². The van der Waals surface area contributed by atoms with E-state index in [4.69, 9.17) is 19.2 Å². The fraction of sp³-hybridized carbons (Fsp3) is 0.250. The fourth-order valence-electron chi connectivity index (χ4n) is 4.32. The number of hydrogen-bond donors (Lipinski definition) is 1. The summed E-state index contributed by atoms with van der Waals surface area (Å²) in [5.74, 6) is 0.571. The summed E-state index contributed by atoms with van der Waals surface area (Å²) in [6, 6.07) is 14.8. The van der Waals surface area contributed by atoms with Crippen molar-refractivity contribution in [2.75, 3.05) is 12.1 Å². The Balaban J connectivity index is 1.57. The Kier molecular flexibility index (Phi) is 6.36. The zero-order valence-electron chi connectivity index (χ0n) is 20.5. The van der Waals surface area contributed by atoms with Crippen LogP contribution in [0.2, 0.25) is 0 Å². The van der Waals surface area contributed by atoms with Crippen LogP contribution in [0.25, 0.3) is 22.2 Å². The second-order valence-electron chi connectivity index (χ2n) is 8.74. The average Bonchev–Trinajstić information content (AvgIpc) is 3.45. The third-order valence-electron chi connectivity index (χ3n) is 5.97. The van der Waals surface area contributed by atoms with Crippen LogP contribution in [0.5, 0.6) is 11.5 Å². The second kappa shape index (κ2) is 9.62. The first kappa shape index (κ1) is 23.8. The van der Waals surface area contributed by atoms with Crippen LogP contribution in [0, 0.1) is 6.92 Å². The standard InChI is InChI=1S/C28H26N2O5S/c1-5-18-16(4)36-27(25(18)28(32)35-15(2)3)30-26(31)20-13-22(29-21-9-7-6-8-19(20)21)17-10-11-23-24(12-17)34-14-33-23/h6-13,15H,5,14H2,1-4H3,(H,30,31). The number of carbonyl (C=O) groups is 2. The Morgan fingerprint density at radius 3 is 2.67 bits per heavy atom. The van der Waals surface area contributed by atoms with Gasteiger partial charge in [0.1, 0.15) is 5.00 Å². The Bertz CT molecular complexity index is 1490.